The fourth-order valence-corrected chi connectivity index (χ4v) is 3.78. The van der Waals surface area contributed by atoms with Crippen molar-refractivity contribution in [1.29, 1.82) is 0 Å². The van der Waals surface area contributed by atoms with Gasteiger partial charge in [-0.3, -0.25) is 0 Å². The Hall–Kier alpha value is -3.32. The first-order valence-electron chi connectivity index (χ1n) is 9.81. The Balaban J connectivity index is 1.21. The minimum absolute atomic E-state index is 0.167. The Morgan fingerprint density at radius 2 is 1.83 bits per heavy atom. The molecule has 2 amide bonds. The second-order valence-corrected chi connectivity index (χ2v) is 7.91. The number of thiophene rings is 1. The molecular formula is C23H23N3O3S. The average Bonchev–Trinajstić information content (AvgIpc) is 3.48. The zero-order valence-corrected chi connectivity index (χ0v) is 17.2. The summed E-state index contributed by atoms with van der Waals surface area (Å²) in [7, 11) is 0. The van der Waals surface area contributed by atoms with Crippen molar-refractivity contribution >= 4 is 23.1 Å². The molecule has 0 radical (unpaired) electrons. The van der Waals surface area contributed by atoms with E-state index in [2.05, 4.69) is 27.9 Å². The van der Waals surface area contributed by atoms with E-state index in [-0.39, 0.29) is 12.1 Å². The molecule has 4 rings (SSSR count). The molecule has 0 saturated heterocycles. The predicted octanol–water partition coefficient (Wildman–Crippen LogP) is 4.44. The van der Waals surface area contributed by atoms with Gasteiger partial charge < -0.3 is 20.2 Å². The number of urea groups is 1. The van der Waals surface area contributed by atoms with E-state index in [1.807, 2.05) is 60.0 Å². The molecule has 2 heterocycles. The summed E-state index contributed by atoms with van der Waals surface area (Å²) in [4.78, 5) is 18.5. The molecule has 7 heteroatoms. The van der Waals surface area contributed by atoms with Crippen molar-refractivity contribution in [3.63, 3.8) is 0 Å². The molecular weight excluding hydrogens is 398 g/mol. The van der Waals surface area contributed by atoms with Gasteiger partial charge >= 0.3 is 6.03 Å². The van der Waals surface area contributed by atoms with Crippen molar-refractivity contribution in [1.82, 2.24) is 10.6 Å². The monoisotopic (exact) mass is 421 g/mol. The van der Waals surface area contributed by atoms with E-state index in [4.69, 9.17) is 9.57 Å². The van der Waals surface area contributed by atoms with Gasteiger partial charge in [-0.05, 0) is 23.1 Å². The summed E-state index contributed by atoms with van der Waals surface area (Å²) < 4.78 is 6.03. The Morgan fingerprint density at radius 1 is 1.03 bits per heavy atom. The van der Waals surface area contributed by atoms with Gasteiger partial charge in [0.25, 0.3) is 0 Å². The van der Waals surface area contributed by atoms with Gasteiger partial charge in [0, 0.05) is 16.9 Å². The van der Waals surface area contributed by atoms with Gasteiger partial charge in [0.15, 0.2) is 6.10 Å². The number of oxime groups is 1. The van der Waals surface area contributed by atoms with Crippen LogP contribution in [-0.4, -0.2) is 31.0 Å². The highest BCUT2D eigenvalue weighted by atomic mass is 32.1. The summed E-state index contributed by atoms with van der Waals surface area (Å²) in [6.45, 7) is 1.26. The molecule has 1 aromatic heterocycles. The molecule has 0 fully saturated rings. The zero-order chi connectivity index (χ0) is 20.6. The molecule has 1 aliphatic heterocycles. The molecule has 6 nitrogen and oxygen atoms in total. The molecule has 154 valence electrons. The van der Waals surface area contributed by atoms with Crippen LogP contribution in [0.25, 0.3) is 11.1 Å². The number of rotatable bonds is 8. The number of hydrogen-bond donors (Lipinski definition) is 2. The fraction of sp³-hybridized carbons (Fsp3) is 0.217. The van der Waals surface area contributed by atoms with Crippen molar-refractivity contribution in [2.45, 2.75) is 19.1 Å². The summed E-state index contributed by atoms with van der Waals surface area (Å²) in [6.07, 6.45) is 0.457. The average molecular weight is 422 g/mol. The lowest BCUT2D eigenvalue weighted by molar-refractivity contribution is 0.0472. The first-order valence-corrected chi connectivity index (χ1v) is 10.7. The largest absolute Gasteiger partial charge is 0.489 e. The Morgan fingerprint density at radius 3 is 2.67 bits per heavy atom. The van der Waals surface area contributed by atoms with Crippen LogP contribution in [0, 0.1) is 0 Å². The molecule has 0 bridgehead atoms. The zero-order valence-electron chi connectivity index (χ0n) is 16.4. The van der Waals surface area contributed by atoms with E-state index < -0.39 is 0 Å². The molecule has 0 saturated carbocycles. The van der Waals surface area contributed by atoms with E-state index in [0.29, 0.717) is 26.1 Å². The lowest BCUT2D eigenvalue weighted by atomic mass is 10.0. The van der Waals surface area contributed by atoms with Gasteiger partial charge in [0.1, 0.15) is 12.4 Å². The quantitative estimate of drug-likeness (QED) is 0.565. The number of carbonyl (C=O) groups excluding carboxylic acids is 1. The number of ether oxygens (including phenoxy) is 1. The van der Waals surface area contributed by atoms with Crippen molar-refractivity contribution in [2.75, 3.05) is 13.2 Å². The van der Waals surface area contributed by atoms with E-state index in [0.717, 1.165) is 27.5 Å². The van der Waals surface area contributed by atoms with Crippen molar-refractivity contribution in [2.24, 2.45) is 5.16 Å². The summed E-state index contributed by atoms with van der Waals surface area (Å²) in [6, 6.07) is 21.8. The lowest BCUT2D eigenvalue weighted by Crippen LogP contribution is -2.38. The van der Waals surface area contributed by atoms with Crippen molar-refractivity contribution < 1.29 is 14.4 Å². The summed E-state index contributed by atoms with van der Waals surface area (Å²) >= 11 is 1.61. The van der Waals surface area contributed by atoms with Gasteiger partial charge in [0.05, 0.1) is 18.8 Å². The molecule has 2 N–H and O–H groups in total. The Labute approximate surface area is 179 Å². The minimum Gasteiger partial charge on any atom is -0.489 e. The Kier molecular flexibility index (Phi) is 6.61. The number of nitrogens with zero attached hydrogens (tertiary/aromatic N) is 1. The molecule has 30 heavy (non-hydrogen) atoms. The van der Waals surface area contributed by atoms with Gasteiger partial charge in [-0.15, -0.1) is 11.3 Å². The second kappa shape index (κ2) is 9.93. The SMILES string of the molecule is O=C(NCC1=NOC(COc2ccccc2-c2ccccc2)C1)NCc1cccs1. The maximum atomic E-state index is 11.9. The van der Waals surface area contributed by atoms with Crippen LogP contribution in [0.4, 0.5) is 4.79 Å². The number of nitrogens with one attached hydrogen (secondary N) is 2. The third-order valence-corrected chi connectivity index (χ3v) is 5.52. The van der Waals surface area contributed by atoms with Crippen LogP contribution in [0.5, 0.6) is 5.75 Å². The molecule has 2 aromatic carbocycles. The summed E-state index contributed by atoms with van der Waals surface area (Å²) in [5, 5.41) is 11.7. The molecule has 1 aliphatic rings. The predicted molar refractivity (Wildman–Crippen MR) is 119 cm³/mol. The first-order chi connectivity index (χ1) is 14.8. The van der Waals surface area contributed by atoms with Crippen LogP contribution in [0.2, 0.25) is 0 Å². The number of amides is 2. The van der Waals surface area contributed by atoms with Crippen LogP contribution in [0.15, 0.2) is 77.3 Å². The van der Waals surface area contributed by atoms with Crippen LogP contribution >= 0.6 is 11.3 Å². The fourth-order valence-electron chi connectivity index (χ4n) is 3.14. The maximum absolute atomic E-state index is 11.9. The van der Waals surface area contributed by atoms with Gasteiger partial charge in [-0.25, -0.2) is 4.79 Å². The molecule has 1 unspecified atom stereocenters. The maximum Gasteiger partial charge on any atom is 0.315 e. The van der Waals surface area contributed by atoms with E-state index in [1.165, 1.54) is 0 Å². The molecule has 1 atom stereocenters. The normalized spacial score (nSPS) is 15.2. The molecule has 3 aromatic rings. The van der Waals surface area contributed by atoms with Crippen LogP contribution < -0.4 is 15.4 Å². The highest BCUT2D eigenvalue weighted by molar-refractivity contribution is 7.09. The summed E-state index contributed by atoms with van der Waals surface area (Å²) in [5.74, 6) is 0.812. The van der Waals surface area contributed by atoms with Gasteiger partial charge in [-0.2, -0.15) is 0 Å². The summed E-state index contributed by atoms with van der Waals surface area (Å²) in [5.41, 5.74) is 2.95. The number of benzene rings is 2. The van der Waals surface area contributed by atoms with Gasteiger partial charge in [-0.1, -0.05) is 59.8 Å². The number of para-hydroxylation sites is 1. The molecule has 0 spiro atoms. The van der Waals surface area contributed by atoms with E-state index in [9.17, 15) is 4.79 Å². The van der Waals surface area contributed by atoms with Crippen molar-refractivity contribution in [3.8, 4) is 16.9 Å². The van der Waals surface area contributed by atoms with Crippen molar-refractivity contribution in [3.05, 3.63) is 77.0 Å². The standard InChI is InChI=1S/C23H23N3O3S/c27-23(25-15-20-9-6-12-30-20)24-14-18-13-19(29-26-18)16-28-22-11-5-4-10-21(22)17-7-2-1-3-8-17/h1-12,19H,13-16H2,(H2,24,25,27). The van der Waals surface area contributed by atoms with Crippen LogP contribution in [0.3, 0.4) is 0 Å². The minimum atomic E-state index is -0.220. The van der Waals surface area contributed by atoms with Crippen LogP contribution in [-0.2, 0) is 11.4 Å². The number of carbonyl (C=O) groups is 1. The lowest BCUT2D eigenvalue weighted by Gasteiger charge is -2.14. The highest BCUT2D eigenvalue weighted by Gasteiger charge is 2.22. The topological polar surface area (TPSA) is 72.0 Å². The highest BCUT2D eigenvalue weighted by Crippen LogP contribution is 2.30. The van der Waals surface area contributed by atoms with E-state index >= 15 is 0 Å². The molecule has 0 aliphatic carbocycles. The number of hydrogen-bond acceptors (Lipinski definition) is 5. The van der Waals surface area contributed by atoms with Gasteiger partial charge in [0.2, 0.25) is 0 Å². The van der Waals surface area contributed by atoms with Crippen LogP contribution in [0.1, 0.15) is 11.3 Å². The first kappa shape index (κ1) is 20.0. The third-order valence-electron chi connectivity index (χ3n) is 4.65. The Bertz CT molecular complexity index is 990. The smallest absolute Gasteiger partial charge is 0.315 e. The van der Waals surface area contributed by atoms with E-state index in [1.54, 1.807) is 11.3 Å². The third kappa shape index (κ3) is 5.39. The second-order valence-electron chi connectivity index (χ2n) is 6.88.